The minimum absolute atomic E-state index is 0.0136. The summed E-state index contributed by atoms with van der Waals surface area (Å²) in [6, 6.07) is 5.59. The Morgan fingerprint density at radius 3 is 2.89 bits per heavy atom. The SMILES string of the molecule is O=[N+]([O-])c1cc(Cl)c(OCc2cccs2)cc1F. The third-order valence-electron chi connectivity index (χ3n) is 2.15. The molecule has 0 spiro atoms. The summed E-state index contributed by atoms with van der Waals surface area (Å²) in [6.45, 7) is 0.245. The summed E-state index contributed by atoms with van der Waals surface area (Å²) in [5, 5.41) is 12.4. The zero-order valence-corrected chi connectivity index (χ0v) is 10.5. The van der Waals surface area contributed by atoms with Gasteiger partial charge in [-0.05, 0) is 11.4 Å². The number of nitro groups is 1. The minimum atomic E-state index is -0.967. The molecule has 0 radical (unpaired) electrons. The lowest BCUT2D eigenvalue weighted by Gasteiger charge is -2.07. The Morgan fingerprint density at radius 2 is 2.28 bits per heavy atom. The van der Waals surface area contributed by atoms with Crippen LogP contribution in [0.25, 0.3) is 0 Å². The van der Waals surface area contributed by atoms with Crippen LogP contribution < -0.4 is 4.74 Å². The lowest BCUT2D eigenvalue weighted by atomic mass is 10.3. The first-order valence-electron chi connectivity index (χ1n) is 4.86. The van der Waals surface area contributed by atoms with Gasteiger partial charge in [-0.3, -0.25) is 10.1 Å². The highest BCUT2D eigenvalue weighted by molar-refractivity contribution is 7.09. The molecular formula is C11H7ClFNO3S. The van der Waals surface area contributed by atoms with Gasteiger partial charge in [0.05, 0.1) is 9.95 Å². The molecule has 1 heterocycles. The molecule has 1 aromatic carbocycles. The van der Waals surface area contributed by atoms with Gasteiger partial charge in [0.2, 0.25) is 5.82 Å². The Balaban J connectivity index is 2.19. The van der Waals surface area contributed by atoms with Crippen LogP contribution in [-0.4, -0.2) is 4.92 Å². The van der Waals surface area contributed by atoms with E-state index in [1.807, 2.05) is 17.5 Å². The summed E-state index contributed by atoms with van der Waals surface area (Å²) >= 11 is 7.28. The molecular weight excluding hydrogens is 281 g/mol. The van der Waals surface area contributed by atoms with Gasteiger partial charge in [-0.25, -0.2) is 0 Å². The highest BCUT2D eigenvalue weighted by Gasteiger charge is 2.18. The fourth-order valence-electron chi connectivity index (χ4n) is 1.31. The largest absolute Gasteiger partial charge is 0.486 e. The molecule has 0 amide bonds. The molecule has 0 bridgehead atoms. The van der Waals surface area contributed by atoms with Crippen molar-refractivity contribution < 1.29 is 14.1 Å². The lowest BCUT2D eigenvalue weighted by Crippen LogP contribution is -1.97. The van der Waals surface area contributed by atoms with Gasteiger partial charge >= 0.3 is 5.69 Å². The Morgan fingerprint density at radius 1 is 1.50 bits per heavy atom. The molecule has 0 saturated carbocycles. The Labute approximate surface area is 111 Å². The molecule has 0 atom stereocenters. The number of hydrogen-bond acceptors (Lipinski definition) is 4. The van der Waals surface area contributed by atoms with Gasteiger partial charge in [-0.2, -0.15) is 4.39 Å². The van der Waals surface area contributed by atoms with Gasteiger partial charge in [0.25, 0.3) is 0 Å². The van der Waals surface area contributed by atoms with Crippen molar-refractivity contribution in [2.24, 2.45) is 0 Å². The average Bonchev–Trinajstić information content (AvgIpc) is 2.82. The van der Waals surface area contributed by atoms with E-state index in [0.717, 1.165) is 17.0 Å². The topological polar surface area (TPSA) is 52.4 Å². The first-order valence-corrected chi connectivity index (χ1v) is 6.12. The molecule has 0 aliphatic rings. The highest BCUT2D eigenvalue weighted by Crippen LogP contribution is 2.32. The number of rotatable bonds is 4. The van der Waals surface area contributed by atoms with E-state index in [9.17, 15) is 14.5 Å². The molecule has 1 aromatic heterocycles. The number of benzene rings is 1. The summed E-state index contributed by atoms with van der Waals surface area (Å²) in [4.78, 5) is 10.6. The zero-order valence-electron chi connectivity index (χ0n) is 8.93. The van der Waals surface area contributed by atoms with E-state index >= 15 is 0 Å². The van der Waals surface area contributed by atoms with E-state index in [2.05, 4.69) is 0 Å². The van der Waals surface area contributed by atoms with Crippen molar-refractivity contribution >= 4 is 28.6 Å². The summed E-state index contributed by atoms with van der Waals surface area (Å²) in [5.74, 6) is -0.876. The maximum absolute atomic E-state index is 13.4. The second kappa shape index (κ2) is 5.32. The Bertz CT molecular complexity index is 574. The number of hydrogen-bond donors (Lipinski definition) is 0. The van der Waals surface area contributed by atoms with Crippen LogP contribution in [0.15, 0.2) is 29.6 Å². The maximum atomic E-state index is 13.4. The second-order valence-corrected chi connectivity index (χ2v) is 4.80. The molecule has 0 aliphatic carbocycles. The van der Waals surface area contributed by atoms with Gasteiger partial charge in [0.1, 0.15) is 12.4 Å². The molecule has 0 aliphatic heterocycles. The predicted molar refractivity (Wildman–Crippen MR) is 66.7 cm³/mol. The number of nitrogens with zero attached hydrogens (tertiary/aromatic N) is 1. The van der Waals surface area contributed by atoms with E-state index in [4.69, 9.17) is 16.3 Å². The number of halogens is 2. The van der Waals surface area contributed by atoms with Gasteiger partial charge in [0.15, 0.2) is 0 Å². The summed E-state index contributed by atoms with van der Waals surface area (Å²) < 4.78 is 18.7. The zero-order chi connectivity index (χ0) is 13.1. The van der Waals surface area contributed by atoms with Gasteiger partial charge in [-0.15, -0.1) is 11.3 Å². The quantitative estimate of drug-likeness (QED) is 0.630. The van der Waals surface area contributed by atoms with Gasteiger partial charge in [-0.1, -0.05) is 17.7 Å². The molecule has 0 N–H and O–H groups in total. The van der Waals surface area contributed by atoms with Crippen LogP contribution in [0.1, 0.15) is 4.88 Å². The molecule has 0 fully saturated rings. The van der Waals surface area contributed by atoms with Crippen LogP contribution in [0.3, 0.4) is 0 Å². The van der Waals surface area contributed by atoms with Crippen molar-refractivity contribution in [3.63, 3.8) is 0 Å². The fourth-order valence-corrected chi connectivity index (χ4v) is 2.14. The summed E-state index contributed by atoms with van der Waals surface area (Å²) in [7, 11) is 0. The first kappa shape index (κ1) is 12.8. The van der Waals surface area contributed by atoms with Crippen molar-refractivity contribution in [2.45, 2.75) is 6.61 Å². The second-order valence-electron chi connectivity index (χ2n) is 3.36. The Hall–Kier alpha value is -1.66. The molecule has 0 saturated heterocycles. The van der Waals surface area contributed by atoms with Crippen molar-refractivity contribution in [1.29, 1.82) is 0 Å². The molecule has 94 valence electrons. The van der Waals surface area contributed by atoms with E-state index < -0.39 is 16.4 Å². The number of nitro benzene ring substituents is 1. The van der Waals surface area contributed by atoms with Crippen LogP contribution in [0.5, 0.6) is 5.75 Å². The van der Waals surface area contributed by atoms with Crippen molar-refractivity contribution in [3.05, 3.63) is 55.5 Å². The van der Waals surface area contributed by atoms with Crippen LogP contribution >= 0.6 is 22.9 Å². The van der Waals surface area contributed by atoms with E-state index in [-0.39, 0.29) is 17.4 Å². The molecule has 7 heteroatoms. The van der Waals surface area contributed by atoms with Crippen molar-refractivity contribution in [1.82, 2.24) is 0 Å². The molecule has 4 nitrogen and oxygen atoms in total. The predicted octanol–water partition coefficient (Wildman–Crippen LogP) is 4.03. The standard InChI is InChI=1S/C11H7ClFNO3S/c12-8-4-10(14(15)16)9(13)5-11(8)17-6-7-2-1-3-18-7/h1-5H,6H2. The third-order valence-corrected chi connectivity index (χ3v) is 3.29. The van der Waals surface area contributed by atoms with Gasteiger partial charge in [0, 0.05) is 17.0 Å². The normalized spacial score (nSPS) is 10.3. The van der Waals surface area contributed by atoms with Crippen LogP contribution in [0.4, 0.5) is 10.1 Å². The fraction of sp³-hybridized carbons (Fsp3) is 0.0909. The van der Waals surface area contributed by atoms with Crippen molar-refractivity contribution in [2.75, 3.05) is 0 Å². The van der Waals surface area contributed by atoms with Gasteiger partial charge < -0.3 is 4.74 Å². The van der Waals surface area contributed by atoms with Crippen LogP contribution in [-0.2, 0) is 6.61 Å². The smallest absolute Gasteiger partial charge is 0.306 e. The molecule has 0 unspecified atom stereocenters. The lowest BCUT2D eigenvalue weighted by molar-refractivity contribution is -0.387. The molecule has 2 aromatic rings. The van der Waals surface area contributed by atoms with E-state index in [1.165, 1.54) is 11.3 Å². The maximum Gasteiger partial charge on any atom is 0.306 e. The first-order chi connectivity index (χ1) is 8.58. The van der Waals surface area contributed by atoms with Crippen molar-refractivity contribution in [3.8, 4) is 5.75 Å². The summed E-state index contributed by atoms with van der Waals surface area (Å²) in [6.07, 6.45) is 0. The van der Waals surface area contributed by atoms with Crippen LogP contribution in [0, 0.1) is 15.9 Å². The third kappa shape index (κ3) is 2.77. The van der Waals surface area contributed by atoms with Crippen LogP contribution in [0.2, 0.25) is 5.02 Å². The number of ether oxygens (including phenoxy) is 1. The molecule has 18 heavy (non-hydrogen) atoms. The van der Waals surface area contributed by atoms with E-state index in [1.54, 1.807) is 0 Å². The Kier molecular flexibility index (Phi) is 3.78. The molecule has 2 rings (SSSR count). The average molecular weight is 288 g/mol. The monoisotopic (exact) mass is 287 g/mol. The highest BCUT2D eigenvalue weighted by atomic mass is 35.5. The van der Waals surface area contributed by atoms with E-state index in [0.29, 0.717) is 0 Å². The summed E-state index contributed by atoms with van der Waals surface area (Å²) in [5.41, 5.74) is -0.663. The number of thiophene rings is 1. The minimum Gasteiger partial charge on any atom is -0.486 e.